The van der Waals surface area contributed by atoms with Crippen LogP contribution in [0.4, 0.5) is 0 Å². The summed E-state index contributed by atoms with van der Waals surface area (Å²) in [6.07, 6.45) is 5.79. The standard InChI is InChI=1S/C15H28N4O.ClH/c1-13-12-14(2)19(18-13)11-7-10-17-15(20)8-5-3-4-6-9-16;/h12H,3-11,16H2,1-2H3,(H,17,20);1H. The number of carbonyl (C=O) groups is 1. The van der Waals surface area contributed by atoms with Gasteiger partial charge in [0.05, 0.1) is 5.69 Å². The number of rotatable bonds is 10. The number of nitrogens with two attached hydrogens (primary N) is 1. The predicted octanol–water partition coefficient (Wildman–Crippen LogP) is 2.34. The Balaban J connectivity index is 0.00000400. The number of aromatic nitrogens is 2. The molecule has 1 heterocycles. The molecule has 0 aliphatic rings. The van der Waals surface area contributed by atoms with Gasteiger partial charge in [0.15, 0.2) is 0 Å². The second-order valence-electron chi connectivity index (χ2n) is 5.31. The normalized spacial score (nSPS) is 10.2. The third-order valence-corrected chi connectivity index (χ3v) is 3.33. The number of amides is 1. The van der Waals surface area contributed by atoms with Crippen LogP contribution in [-0.2, 0) is 11.3 Å². The topological polar surface area (TPSA) is 72.9 Å². The smallest absolute Gasteiger partial charge is 0.219 e. The highest BCUT2D eigenvalue weighted by Gasteiger charge is 2.02. The van der Waals surface area contributed by atoms with Crippen LogP contribution in [0.5, 0.6) is 0 Å². The summed E-state index contributed by atoms with van der Waals surface area (Å²) >= 11 is 0. The minimum Gasteiger partial charge on any atom is -0.356 e. The van der Waals surface area contributed by atoms with Crippen molar-refractivity contribution in [3.63, 3.8) is 0 Å². The SMILES string of the molecule is Cc1cc(C)n(CCCNC(=O)CCCCCCN)n1.Cl. The molecule has 0 saturated heterocycles. The quantitative estimate of drug-likeness (QED) is 0.651. The van der Waals surface area contributed by atoms with Crippen molar-refractivity contribution in [3.05, 3.63) is 17.5 Å². The fourth-order valence-corrected chi connectivity index (χ4v) is 2.23. The largest absolute Gasteiger partial charge is 0.356 e. The second kappa shape index (κ2) is 11.6. The lowest BCUT2D eigenvalue weighted by atomic mass is 10.1. The number of unbranched alkanes of at least 4 members (excludes halogenated alkanes) is 3. The molecule has 0 aliphatic heterocycles. The first-order valence-electron chi connectivity index (χ1n) is 7.61. The zero-order valence-corrected chi connectivity index (χ0v) is 14.0. The predicted molar refractivity (Wildman–Crippen MR) is 88.7 cm³/mol. The molecular formula is C15H29ClN4O. The Labute approximate surface area is 134 Å². The van der Waals surface area contributed by atoms with Crippen LogP contribution >= 0.6 is 12.4 Å². The summed E-state index contributed by atoms with van der Waals surface area (Å²) in [6, 6.07) is 2.07. The van der Waals surface area contributed by atoms with Gasteiger partial charge in [-0.25, -0.2) is 0 Å². The number of carbonyl (C=O) groups excluding carboxylic acids is 1. The average molecular weight is 317 g/mol. The van der Waals surface area contributed by atoms with E-state index in [0.717, 1.165) is 57.4 Å². The Hall–Kier alpha value is -1.07. The first-order valence-corrected chi connectivity index (χ1v) is 7.61. The minimum absolute atomic E-state index is 0. The molecule has 0 fully saturated rings. The first-order chi connectivity index (χ1) is 9.63. The Morgan fingerprint density at radius 3 is 2.57 bits per heavy atom. The number of hydrogen-bond donors (Lipinski definition) is 2. The second-order valence-corrected chi connectivity index (χ2v) is 5.31. The van der Waals surface area contributed by atoms with Gasteiger partial charge < -0.3 is 11.1 Å². The van der Waals surface area contributed by atoms with Crippen molar-refractivity contribution >= 4 is 18.3 Å². The third kappa shape index (κ3) is 8.73. The molecule has 0 atom stereocenters. The number of halogens is 1. The Bertz CT molecular complexity index is 406. The van der Waals surface area contributed by atoms with E-state index in [4.69, 9.17) is 5.73 Å². The maximum Gasteiger partial charge on any atom is 0.219 e. The summed E-state index contributed by atoms with van der Waals surface area (Å²) in [4.78, 5) is 11.6. The van der Waals surface area contributed by atoms with Crippen molar-refractivity contribution in [2.45, 2.75) is 58.9 Å². The molecule has 6 heteroatoms. The molecule has 1 amide bonds. The number of nitrogens with one attached hydrogen (secondary N) is 1. The molecule has 0 unspecified atom stereocenters. The highest BCUT2D eigenvalue weighted by Crippen LogP contribution is 2.03. The van der Waals surface area contributed by atoms with Gasteiger partial charge in [-0.1, -0.05) is 12.8 Å². The molecule has 1 rings (SSSR count). The summed E-state index contributed by atoms with van der Waals surface area (Å²) in [6.45, 7) is 6.38. The number of hydrogen-bond acceptors (Lipinski definition) is 3. The van der Waals surface area contributed by atoms with Crippen molar-refractivity contribution in [1.82, 2.24) is 15.1 Å². The Morgan fingerprint density at radius 1 is 1.24 bits per heavy atom. The van der Waals surface area contributed by atoms with Crippen molar-refractivity contribution in [3.8, 4) is 0 Å². The molecular weight excluding hydrogens is 288 g/mol. The van der Waals surface area contributed by atoms with Gasteiger partial charge in [-0.2, -0.15) is 5.10 Å². The fraction of sp³-hybridized carbons (Fsp3) is 0.733. The maximum absolute atomic E-state index is 11.6. The maximum atomic E-state index is 11.6. The van der Waals surface area contributed by atoms with Gasteiger partial charge in [-0.3, -0.25) is 9.48 Å². The zero-order valence-electron chi connectivity index (χ0n) is 13.2. The van der Waals surface area contributed by atoms with E-state index in [2.05, 4.69) is 23.4 Å². The van der Waals surface area contributed by atoms with Crippen LogP contribution in [0.3, 0.4) is 0 Å². The van der Waals surface area contributed by atoms with Crippen molar-refractivity contribution in [2.24, 2.45) is 5.73 Å². The van der Waals surface area contributed by atoms with Gasteiger partial charge in [0, 0.05) is 25.2 Å². The first kappa shape index (κ1) is 19.9. The van der Waals surface area contributed by atoms with Crippen molar-refractivity contribution in [1.29, 1.82) is 0 Å². The monoisotopic (exact) mass is 316 g/mol. The number of nitrogens with zero attached hydrogens (tertiary/aromatic N) is 2. The molecule has 5 nitrogen and oxygen atoms in total. The third-order valence-electron chi connectivity index (χ3n) is 3.33. The Morgan fingerprint density at radius 2 is 1.95 bits per heavy atom. The van der Waals surface area contributed by atoms with Gasteiger partial charge in [0.1, 0.15) is 0 Å². The van der Waals surface area contributed by atoms with E-state index >= 15 is 0 Å². The van der Waals surface area contributed by atoms with Crippen LogP contribution < -0.4 is 11.1 Å². The molecule has 0 saturated carbocycles. The van der Waals surface area contributed by atoms with Crippen molar-refractivity contribution in [2.75, 3.05) is 13.1 Å². The number of aryl methyl sites for hydroxylation is 3. The molecule has 21 heavy (non-hydrogen) atoms. The van der Waals surface area contributed by atoms with Gasteiger partial charge in [-0.15, -0.1) is 12.4 Å². The van der Waals surface area contributed by atoms with Crippen LogP contribution in [0, 0.1) is 13.8 Å². The molecule has 122 valence electrons. The van der Waals surface area contributed by atoms with E-state index in [1.54, 1.807) is 0 Å². The fourth-order valence-electron chi connectivity index (χ4n) is 2.23. The average Bonchev–Trinajstić information content (AvgIpc) is 2.73. The molecule has 1 aromatic heterocycles. The molecule has 0 bridgehead atoms. The van der Waals surface area contributed by atoms with Gasteiger partial charge in [0.25, 0.3) is 0 Å². The van der Waals surface area contributed by atoms with Crippen LogP contribution in [0.2, 0.25) is 0 Å². The lowest BCUT2D eigenvalue weighted by Gasteiger charge is -2.06. The van der Waals surface area contributed by atoms with Gasteiger partial charge in [-0.05, 0) is 45.7 Å². The van der Waals surface area contributed by atoms with Crippen LogP contribution in [0.15, 0.2) is 6.07 Å². The molecule has 1 aromatic rings. The highest BCUT2D eigenvalue weighted by molar-refractivity contribution is 5.85. The summed E-state index contributed by atoms with van der Waals surface area (Å²) in [7, 11) is 0. The highest BCUT2D eigenvalue weighted by atomic mass is 35.5. The van der Waals surface area contributed by atoms with E-state index in [9.17, 15) is 4.79 Å². The van der Waals surface area contributed by atoms with E-state index in [1.807, 2.05) is 11.6 Å². The molecule has 0 spiro atoms. The van der Waals surface area contributed by atoms with E-state index in [1.165, 1.54) is 5.69 Å². The lowest BCUT2D eigenvalue weighted by molar-refractivity contribution is -0.121. The van der Waals surface area contributed by atoms with E-state index < -0.39 is 0 Å². The van der Waals surface area contributed by atoms with Crippen LogP contribution in [0.1, 0.15) is 49.9 Å². The molecule has 0 radical (unpaired) electrons. The summed E-state index contributed by atoms with van der Waals surface area (Å²) in [5, 5.41) is 7.36. The molecule has 0 aliphatic carbocycles. The summed E-state index contributed by atoms with van der Waals surface area (Å²) in [5.41, 5.74) is 7.65. The van der Waals surface area contributed by atoms with Crippen LogP contribution in [0.25, 0.3) is 0 Å². The summed E-state index contributed by atoms with van der Waals surface area (Å²) < 4.78 is 1.99. The van der Waals surface area contributed by atoms with Crippen LogP contribution in [-0.4, -0.2) is 28.8 Å². The Kier molecular flexibility index (Phi) is 11.0. The van der Waals surface area contributed by atoms with Gasteiger partial charge in [0.2, 0.25) is 5.91 Å². The van der Waals surface area contributed by atoms with E-state index in [-0.39, 0.29) is 18.3 Å². The van der Waals surface area contributed by atoms with Gasteiger partial charge >= 0.3 is 0 Å². The molecule has 0 aromatic carbocycles. The minimum atomic E-state index is 0. The van der Waals surface area contributed by atoms with E-state index in [0.29, 0.717) is 6.42 Å². The lowest BCUT2D eigenvalue weighted by Crippen LogP contribution is -2.25. The molecule has 3 N–H and O–H groups in total. The summed E-state index contributed by atoms with van der Waals surface area (Å²) in [5.74, 6) is 0.158. The van der Waals surface area contributed by atoms with Crippen molar-refractivity contribution < 1.29 is 4.79 Å². The zero-order chi connectivity index (χ0) is 14.8.